The van der Waals surface area contributed by atoms with Gasteiger partial charge >= 0.3 is 0 Å². The smallest absolute Gasteiger partial charge is 0.251 e. The van der Waals surface area contributed by atoms with Gasteiger partial charge in [0.15, 0.2) is 0 Å². The Morgan fingerprint density at radius 1 is 1.00 bits per heavy atom. The molecule has 0 bridgehead atoms. The summed E-state index contributed by atoms with van der Waals surface area (Å²) in [5.74, 6) is -0.0190. The summed E-state index contributed by atoms with van der Waals surface area (Å²) >= 11 is 5.68. The maximum Gasteiger partial charge on any atom is 0.251 e. The van der Waals surface area contributed by atoms with Gasteiger partial charge in [-0.25, -0.2) is 4.39 Å². The predicted molar refractivity (Wildman–Crippen MR) is 73.6 cm³/mol. The average Bonchev–Trinajstić information content (AvgIpc) is 2.46. The molecule has 4 heteroatoms. The lowest BCUT2D eigenvalue weighted by Gasteiger charge is -2.06. The van der Waals surface area contributed by atoms with Crippen LogP contribution in [0.25, 0.3) is 0 Å². The number of benzene rings is 2. The summed E-state index contributed by atoms with van der Waals surface area (Å²) in [6.07, 6.45) is 0. The van der Waals surface area contributed by atoms with E-state index in [9.17, 15) is 9.18 Å². The van der Waals surface area contributed by atoms with E-state index in [4.69, 9.17) is 11.6 Å². The number of alkyl halides is 1. The fourth-order valence-electron chi connectivity index (χ4n) is 1.63. The van der Waals surface area contributed by atoms with Crippen molar-refractivity contribution < 1.29 is 9.18 Å². The van der Waals surface area contributed by atoms with Gasteiger partial charge in [0.05, 0.1) is 0 Å². The molecule has 0 atom stereocenters. The van der Waals surface area contributed by atoms with Crippen molar-refractivity contribution in [3.8, 4) is 0 Å². The number of carbonyl (C=O) groups is 1. The van der Waals surface area contributed by atoms with Crippen molar-refractivity contribution in [3.63, 3.8) is 0 Å². The minimum absolute atomic E-state index is 0.162. The Morgan fingerprint density at radius 2 is 1.58 bits per heavy atom. The number of hydrogen-bond donors (Lipinski definition) is 1. The van der Waals surface area contributed by atoms with Crippen LogP contribution in [-0.2, 0) is 12.4 Å². The molecule has 2 aromatic carbocycles. The molecule has 0 aliphatic rings. The third-order valence-corrected chi connectivity index (χ3v) is 3.05. The molecule has 2 rings (SSSR count). The molecule has 0 saturated heterocycles. The van der Waals surface area contributed by atoms with Crippen LogP contribution in [0.1, 0.15) is 21.5 Å². The molecular weight excluding hydrogens is 265 g/mol. The molecule has 2 aromatic rings. The number of amides is 1. The highest BCUT2D eigenvalue weighted by Crippen LogP contribution is 2.07. The second-order valence-electron chi connectivity index (χ2n) is 4.14. The third kappa shape index (κ3) is 3.80. The summed E-state index contributed by atoms with van der Waals surface area (Å²) in [5.41, 5.74) is 2.40. The van der Waals surface area contributed by atoms with Crippen molar-refractivity contribution >= 4 is 17.5 Å². The highest BCUT2D eigenvalue weighted by Gasteiger charge is 2.05. The van der Waals surface area contributed by atoms with E-state index >= 15 is 0 Å². The molecule has 0 radical (unpaired) electrons. The summed E-state index contributed by atoms with van der Waals surface area (Å²) in [7, 11) is 0. The Morgan fingerprint density at radius 3 is 2.16 bits per heavy atom. The van der Waals surface area contributed by atoms with Crippen LogP contribution in [0.3, 0.4) is 0 Å². The lowest BCUT2D eigenvalue weighted by Crippen LogP contribution is -2.22. The van der Waals surface area contributed by atoms with Crippen LogP contribution in [0.5, 0.6) is 0 Å². The minimum Gasteiger partial charge on any atom is -0.348 e. The van der Waals surface area contributed by atoms with Gasteiger partial charge in [-0.2, -0.15) is 0 Å². The monoisotopic (exact) mass is 277 g/mol. The van der Waals surface area contributed by atoms with Gasteiger partial charge in [0.2, 0.25) is 0 Å². The first-order chi connectivity index (χ1) is 9.19. The molecule has 0 aliphatic heterocycles. The molecule has 1 N–H and O–H groups in total. The van der Waals surface area contributed by atoms with E-state index in [-0.39, 0.29) is 11.7 Å². The molecule has 0 unspecified atom stereocenters. The van der Waals surface area contributed by atoms with E-state index in [1.165, 1.54) is 12.1 Å². The topological polar surface area (TPSA) is 29.1 Å². The van der Waals surface area contributed by atoms with Crippen molar-refractivity contribution in [2.75, 3.05) is 0 Å². The molecule has 19 heavy (non-hydrogen) atoms. The van der Waals surface area contributed by atoms with E-state index in [0.717, 1.165) is 11.1 Å². The summed E-state index contributed by atoms with van der Waals surface area (Å²) in [6.45, 7) is 0.371. The van der Waals surface area contributed by atoms with E-state index in [1.807, 2.05) is 12.1 Å². The van der Waals surface area contributed by atoms with Gasteiger partial charge in [0, 0.05) is 18.0 Å². The first-order valence-corrected chi connectivity index (χ1v) is 6.40. The quantitative estimate of drug-likeness (QED) is 0.852. The molecule has 0 fully saturated rings. The predicted octanol–water partition coefficient (Wildman–Crippen LogP) is 3.49. The van der Waals surface area contributed by atoms with Gasteiger partial charge in [-0.05, 0) is 35.4 Å². The normalized spacial score (nSPS) is 10.2. The summed E-state index contributed by atoms with van der Waals surface area (Å²) in [4.78, 5) is 11.9. The van der Waals surface area contributed by atoms with Crippen molar-refractivity contribution in [3.05, 3.63) is 71.0 Å². The fourth-order valence-corrected chi connectivity index (χ4v) is 1.81. The fraction of sp³-hybridized carbons (Fsp3) is 0.133. The van der Waals surface area contributed by atoms with E-state index < -0.39 is 0 Å². The summed E-state index contributed by atoms with van der Waals surface area (Å²) in [5, 5.41) is 2.78. The van der Waals surface area contributed by atoms with Crippen LogP contribution in [0, 0.1) is 5.82 Å². The van der Waals surface area contributed by atoms with Gasteiger partial charge in [0.1, 0.15) is 5.82 Å². The maximum atomic E-state index is 12.7. The number of rotatable bonds is 4. The average molecular weight is 278 g/mol. The van der Waals surface area contributed by atoms with Gasteiger partial charge < -0.3 is 5.32 Å². The van der Waals surface area contributed by atoms with Crippen molar-refractivity contribution in [2.24, 2.45) is 0 Å². The lowest BCUT2D eigenvalue weighted by molar-refractivity contribution is 0.0951. The first-order valence-electron chi connectivity index (χ1n) is 5.86. The second kappa shape index (κ2) is 6.34. The van der Waals surface area contributed by atoms with Gasteiger partial charge in [-0.3, -0.25) is 4.79 Å². The second-order valence-corrected chi connectivity index (χ2v) is 4.41. The SMILES string of the molecule is O=C(NCc1ccc(F)cc1)c1ccc(CCl)cc1. The van der Waals surface area contributed by atoms with Gasteiger partial charge in [-0.1, -0.05) is 24.3 Å². The third-order valence-electron chi connectivity index (χ3n) is 2.74. The number of hydrogen-bond acceptors (Lipinski definition) is 1. The number of carbonyl (C=O) groups excluding carboxylic acids is 1. The van der Waals surface area contributed by atoms with E-state index in [2.05, 4.69) is 5.32 Å². The molecule has 0 aromatic heterocycles. The standard InChI is InChI=1S/C15H13ClFNO/c16-9-11-1-5-13(6-2-11)15(19)18-10-12-3-7-14(17)8-4-12/h1-8H,9-10H2,(H,18,19). The van der Waals surface area contributed by atoms with E-state index in [1.54, 1.807) is 24.3 Å². The van der Waals surface area contributed by atoms with Gasteiger partial charge in [-0.15, -0.1) is 11.6 Å². The van der Waals surface area contributed by atoms with Crippen LogP contribution in [0.15, 0.2) is 48.5 Å². The van der Waals surface area contributed by atoms with Crippen LogP contribution >= 0.6 is 11.6 Å². The van der Waals surface area contributed by atoms with Crippen LogP contribution in [-0.4, -0.2) is 5.91 Å². The molecule has 0 heterocycles. The number of halogens is 2. The minimum atomic E-state index is -0.285. The Kier molecular flexibility index (Phi) is 4.53. The van der Waals surface area contributed by atoms with Crippen molar-refractivity contribution in [1.82, 2.24) is 5.32 Å². The molecule has 0 aliphatic carbocycles. The maximum absolute atomic E-state index is 12.7. The molecule has 2 nitrogen and oxygen atoms in total. The molecule has 0 spiro atoms. The molecule has 1 amide bonds. The zero-order valence-electron chi connectivity index (χ0n) is 10.2. The zero-order valence-corrected chi connectivity index (χ0v) is 11.0. The molecular formula is C15H13ClFNO. The summed E-state index contributed by atoms with van der Waals surface area (Å²) < 4.78 is 12.7. The van der Waals surface area contributed by atoms with Crippen molar-refractivity contribution in [2.45, 2.75) is 12.4 Å². The lowest BCUT2D eigenvalue weighted by atomic mass is 10.1. The first kappa shape index (κ1) is 13.6. The Bertz CT molecular complexity index is 551. The summed E-state index contributed by atoms with van der Waals surface area (Å²) in [6, 6.07) is 13.1. The molecule has 98 valence electrons. The Balaban J connectivity index is 1.95. The molecule has 0 saturated carbocycles. The Labute approximate surface area is 116 Å². The van der Waals surface area contributed by atoms with Crippen LogP contribution in [0.2, 0.25) is 0 Å². The largest absolute Gasteiger partial charge is 0.348 e. The highest BCUT2D eigenvalue weighted by molar-refractivity contribution is 6.17. The van der Waals surface area contributed by atoms with Crippen LogP contribution < -0.4 is 5.32 Å². The van der Waals surface area contributed by atoms with Gasteiger partial charge in [0.25, 0.3) is 5.91 Å². The van der Waals surface area contributed by atoms with E-state index in [0.29, 0.717) is 18.0 Å². The highest BCUT2D eigenvalue weighted by atomic mass is 35.5. The number of nitrogens with one attached hydrogen (secondary N) is 1. The van der Waals surface area contributed by atoms with Crippen molar-refractivity contribution in [1.29, 1.82) is 0 Å². The van der Waals surface area contributed by atoms with Crippen LogP contribution in [0.4, 0.5) is 4.39 Å². The zero-order chi connectivity index (χ0) is 13.7. The Hall–Kier alpha value is -1.87.